The molecule has 1 aromatic carbocycles. The van der Waals surface area contributed by atoms with Gasteiger partial charge in [-0.3, -0.25) is 0 Å². The molecule has 3 nitrogen and oxygen atoms in total. The van der Waals surface area contributed by atoms with Gasteiger partial charge in [0.1, 0.15) is 5.76 Å². The van der Waals surface area contributed by atoms with Crippen molar-refractivity contribution in [2.45, 2.75) is 12.6 Å². The first-order chi connectivity index (χ1) is 8.50. The Hall–Kier alpha value is -1.82. The summed E-state index contributed by atoms with van der Waals surface area (Å²) in [5.74, 6) is 0.550. The van der Waals surface area contributed by atoms with Crippen molar-refractivity contribution in [1.29, 1.82) is 0 Å². The molecule has 96 valence electrons. The van der Waals surface area contributed by atoms with E-state index in [2.05, 4.69) is 4.98 Å². The highest BCUT2D eigenvalue weighted by Gasteiger charge is 2.30. The predicted octanol–water partition coefficient (Wildman–Crippen LogP) is 2.90. The summed E-state index contributed by atoms with van der Waals surface area (Å²) >= 11 is 0. The van der Waals surface area contributed by atoms with Gasteiger partial charge in [-0.05, 0) is 18.2 Å². The molecule has 1 heterocycles. The van der Waals surface area contributed by atoms with Gasteiger partial charge < -0.3 is 9.52 Å². The van der Waals surface area contributed by atoms with Crippen LogP contribution in [0.2, 0.25) is 0 Å². The maximum atomic E-state index is 12.5. The third-order valence-electron chi connectivity index (χ3n) is 2.35. The van der Waals surface area contributed by atoms with Crippen LogP contribution in [-0.4, -0.2) is 16.7 Å². The first kappa shape index (κ1) is 12.6. The van der Waals surface area contributed by atoms with Crippen LogP contribution in [0.5, 0.6) is 0 Å². The monoisotopic (exact) mass is 257 g/mol. The van der Waals surface area contributed by atoms with Gasteiger partial charge in [0.15, 0.2) is 0 Å². The van der Waals surface area contributed by atoms with E-state index in [-0.39, 0.29) is 24.5 Å². The summed E-state index contributed by atoms with van der Waals surface area (Å²) in [4.78, 5) is 3.88. The van der Waals surface area contributed by atoms with Crippen LogP contribution >= 0.6 is 0 Å². The van der Waals surface area contributed by atoms with Crippen LogP contribution in [0, 0.1) is 0 Å². The summed E-state index contributed by atoms with van der Waals surface area (Å²) in [7, 11) is 0. The summed E-state index contributed by atoms with van der Waals surface area (Å²) in [5, 5.41) is 8.71. The highest BCUT2D eigenvalue weighted by molar-refractivity contribution is 5.54. The second kappa shape index (κ2) is 4.81. The van der Waals surface area contributed by atoms with Gasteiger partial charge >= 0.3 is 6.18 Å². The van der Waals surface area contributed by atoms with Gasteiger partial charge in [-0.15, -0.1) is 0 Å². The van der Waals surface area contributed by atoms with E-state index >= 15 is 0 Å². The molecule has 0 bridgehead atoms. The molecule has 1 N–H and O–H groups in total. The fourth-order valence-corrected chi connectivity index (χ4v) is 1.50. The topological polar surface area (TPSA) is 46.3 Å². The Bertz CT molecular complexity index is 534. The lowest BCUT2D eigenvalue weighted by Crippen LogP contribution is -2.04. The van der Waals surface area contributed by atoms with E-state index in [1.165, 1.54) is 18.3 Å². The molecule has 0 fully saturated rings. The molecular formula is C12H10F3NO2. The van der Waals surface area contributed by atoms with Crippen LogP contribution in [0.4, 0.5) is 13.2 Å². The van der Waals surface area contributed by atoms with Crippen molar-refractivity contribution in [2.24, 2.45) is 0 Å². The van der Waals surface area contributed by atoms with Gasteiger partial charge in [-0.2, -0.15) is 13.2 Å². The molecule has 18 heavy (non-hydrogen) atoms. The normalized spacial score (nSPS) is 11.8. The van der Waals surface area contributed by atoms with Gasteiger partial charge in [-0.1, -0.05) is 6.07 Å². The zero-order valence-electron chi connectivity index (χ0n) is 9.24. The molecule has 0 spiro atoms. The molecule has 0 amide bonds. The maximum absolute atomic E-state index is 12.5. The number of aliphatic hydroxyl groups excluding tert-OH is 1. The minimum absolute atomic E-state index is 0.1000. The molecular weight excluding hydrogens is 247 g/mol. The summed E-state index contributed by atoms with van der Waals surface area (Å²) in [6.07, 6.45) is -2.71. The summed E-state index contributed by atoms with van der Waals surface area (Å²) in [6.45, 7) is -0.1000. The lowest BCUT2D eigenvalue weighted by molar-refractivity contribution is -0.137. The van der Waals surface area contributed by atoms with E-state index in [4.69, 9.17) is 9.52 Å². The van der Waals surface area contributed by atoms with Gasteiger partial charge in [0, 0.05) is 12.0 Å². The summed E-state index contributed by atoms with van der Waals surface area (Å²) in [5.41, 5.74) is -0.490. The molecule has 0 unspecified atom stereocenters. The van der Waals surface area contributed by atoms with E-state index in [1.807, 2.05) is 0 Å². The third kappa shape index (κ3) is 2.70. The average Bonchev–Trinajstić information content (AvgIpc) is 2.77. The van der Waals surface area contributed by atoms with Crippen molar-refractivity contribution in [1.82, 2.24) is 4.98 Å². The maximum Gasteiger partial charge on any atom is 0.416 e. The van der Waals surface area contributed by atoms with Gasteiger partial charge in [0.2, 0.25) is 5.89 Å². The van der Waals surface area contributed by atoms with Crippen molar-refractivity contribution in [2.75, 3.05) is 6.61 Å². The van der Waals surface area contributed by atoms with Crippen LogP contribution in [0.3, 0.4) is 0 Å². The molecule has 0 aliphatic rings. The quantitative estimate of drug-likeness (QED) is 0.919. The smallest absolute Gasteiger partial charge is 0.416 e. The number of hydrogen-bond acceptors (Lipinski definition) is 3. The SMILES string of the molecule is OCCc1cnc(-c2cccc(C(F)(F)F)c2)o1. The van der Waals surface area contributed by atoms with Crippen LogP contribution in [0.15, 0.2) is 34.9 Å². The minimum atomic E-state index is -4.39. The summed E-state index contributed by atoms with van der Waals surface area (Å²) in [6, 6.07) is 4.76. The van der Waals surface area contributed by atoms with Crippen LogP contribution in [0.25, 0.3) is 11.5 Å². The Labute approximate surface area is 101 Å². The van der Waals surface area contributed by atoms with Crippen molar-refractivity contribution in [3.8, 4) is 11.5 Å². The third-order valence-corrected chi connectivity index (χ3v) is 2.35. The van der Waals surface area contributed by atoms with E-state index in [0.717, 1.165) is 12.1 Å². The lowest BCUT2D eigenvalue weighted by Gasteiger charge is -2.06. The number of aromatic nitrogens is 1. The molecule has 0 radical (unpaired) electrons. The zero-order chi connectivity index (χ0) is 13.2. The number of hydrogen-bond donors (Lipinski definition) is 1. The fraction of sp³-hybridized carbons (Fsp3) is 0.250. The number of aliphatic hydroxyl groups is 1. The number of alkyl halides is 3. The average molecular weight is 257 g/mol. The van der Waals surface area contributed by atoms with Crippen molar-refractivity contribution in [3.05, 3.63) is 41.8 Å². The summed E-state index contributed by atoms with van der Waals surface area (Å²) < 4.78 is 42.8. The van der Waals surface area contributed by atoms with Crippen molar-refractivity contribution >= 4 is 0 Å². The Morgan fingerprint density at radius 2 is 2.06 bits per heavy atom. The van der Waals surface area contributed by atoms with Crippen LogP contribution < -0.4 is 0 Å². The molecule has 0 aliphatic carbocycles. The van der Waals surface area contributed by atoms with Gasteiger partial charge in [-0.25, -0.2) is 4.98 Å². The number of rotatable bonds is 3. The predicted molar refractivity (Wildman–Crippen MR) is 57.7 cm³/mol. The van der Waals surface area contributed by atoms with E-state index in [9.17, 15) is 13.2 Å². The molecule has 2 aromatic rings. The van der Waals surface area contributed by atoms with E-state index in [1.54, 1.807) is 0 Å². The highest BCUT2D eigenvalue weighted by atomic mass is 19.4. The fourth-order valence-electron chi connectivity index (χ4n) is 1.50. The Morgan fingerprint density at radius 3 is 2.72 bits per heavy atom. The highest BCUT2D eigenvalue weighted by Crippen LogP contribution is 2.31. The van der Waals surface area contributed by atoms with Gasteiger partial charge in [0.25, 0.3) is 0 Å². The van der Waals surface area contributed by atoms with Crippen LogP contribution in [0.1, 0.15) is 11.3 Å². The molecule has 0 atom stereocenters. The molecule has 0 saturated carbocycles. The lowest BCUT2D eigenvalue weighted by atomic mass is 10.1. The first-order valence-corrected chi connectivity index (χ1v) is 5.24. The van der Waals surface area contributed by atoms with Crippen LogP contribution in [-0.2, 0) is 12.6 Å². The molecule has 6 heteroatoms. The zero-order valence-corrected chi connectivity index (χ0v) is 9.24. The molecule has 0 saturated heterocycles. The Kier molecular flexibility index (Phi) is 3.38. The van der Waals surface area contributed by atoms with E-state index < -0.39 is 11.7 Å². The van der Waals surface area contributed by atoms with Gasteiger partial charge in [0.05, 0.1) is 18.4 Å². The number of oxazole rings is 1. The number of halogens is 3. The van der Waals surface area contributed by atoms with Crippen molar-refractivity contribution < 1.29 is 22.7 Å². The standard InChI is InChI=1S/C12H10F3NO2/c13-12(14,15)9-3-1-2-8(6-9)11-16-7-10(18-11)4-5-17/h1-3,6-7,17H,4-5H2. The van der Waals surface area contributed by atoms with Crippen molar-refractivity contribution in [3.63, 3.8) is 0 Å². The minimum Gasteiger partial charge on any atom is -0.441 e. The Morgan fingerprint density at radius 1 is 1.28 bits per heavy atom. The largest absolute Gasteiger partial charge is 0.441 e. The number of nitrogens with zero attached hydrogens (tertiary/aromatic N) is 1. The molecule has 0 aliphatic heterocycles. The Balaban J connectivity index is 2.32. The molecule has 2 rings (SSSR count). The second-order valence-corrected chi connectivity index (χ2v) is 3.68. The second-order valence-electron chi connectivity index (χ2n) is 3.68. The molecule has 1 aromatic heterocycles. The first-order valence-electron chi connectivity index (χ1n) is 5.24. The van der Waals surface area contributed by atoms with E-state index in [0.29, 0.717) is 5.76 Å². The number of benzene rings is 1.